The molecule has 1 heterocycles. The Bertz CT molecular complexity index is 1070. The molecule has 0 aromatic heterocycles. The maximum Gasteiger partial charge on any atom is 0.411 e. The van der Waals surface area contributed by atoms with Gasteiger partial charge in [0, 0.05) is 30.5 Å². The molecule has 0 radical (unpaired) electrons. The van der Waals surface area contributed by atoms with Crippen LogP contribution in [-0.2, 0) is 4.74 Å². The summed E-state index contributed by atoms with van der Waals surface area (Å²) in [7, 11) is 0. The molecule has 0 aliphatic carbocycles. The second-order valence-corrected chi connectivity index (χ2v) is 10.3. The number of nitrogens with one attached hydrogen (secondary N) is 3. The zero-order chi connectivity index (χ0) is 35.2. The number of piperidine rings is 1. The van der Waals surface area contributed by atoms with Crippen molar-refractivity contribution < 1.29 is 14.3 Å². The van der Waals surface area contributed by atoms with E-state index in [1.165, 1.54) is 5.57 Å². The van der Waals surface area contributed by atoms with Gasteiger partial charge in [0.1, 0.15) is 6.10 Å². The number of allylic oxidation sites excluding steroid dienone is 13. The fourth-order valence-corrected chi connectivity index (χ4v) is 4.85. The average Bonchev–Trinajstić information content (AvgIpc) is 3.08. The van der Waals surface area contributed by atoms with Crippen LogP contribution in [0.2, 0.25) is 0 Å². The number of carbonyl (C=O) groups is 2. The molecule has 258 valence electrons. The van der Waals surface area contributed by atoms with Crippen LogP contribution < -0.4 is 16.0 Å². The largest absolute Gasteiger partial charge is 0.445 e. The van der Waals surface area contributed by atoms with Gasteiger partial charge in [-0.1, -0.05) is 87.6 Å². The summed E-state index contributed by atoms with van der Waals surface area (Å²) < 4.78 is 5.89. The third-order valence-corrected chi connectivity index (χ3v) is 7.16. The maximum atomic E-state index is 12.7. The molecule has 0 aromatic carbocycles. The van der Waals surface area contributed by atoms with Crippen molar-refractivity contribution in [2.45, 2.75) is 99.6 Å². The van der Waals surface area contributed by atoms with E-state index in [4.69, 9.17) is 4.74 Å². The Hall–Kier alpha value is -3.84. The molecule has 3 atom stereocenters. The van der Waals surface area contributed by atoms with Gasteiger partial charge in [0.2, 0.25) is 0 Å². The Morgan fingerprint density at radius 1 is 0.978 bits per heavy atom. The summed E-state index contributed by atoms with van der Waals surface area (Å²) in [6.07, 6.45) is 27.3. The van der Waals surface area contributed by atoms with Crippen molar-refractivity contribution in [1.82, 2.24) is 20.9 Å². The van der Waals surface area contributed by atoms with Crippen molar-refractivity contribution in [2.75, 3.05) is 19.6 Å². The highest BCUT2D eigenvalue weighted by Gasteiger charge is 2.34. The number of rotatable bonds is 16. The predicted octanol–water partition coefficient (Wildman–Crippen LogP) is 9.68. The molecular formula is C39H64N4O3. The standard InChI is InChI=1S/C35H54N4O3.C2H6.C2H4/c1-8-14-17-19-29(11-4)26-30-22-25-39(24-18-23-36-34(40)37-31(12-5)20-15-9-2)33(27-30)28(7)42-35(41)38-32(13-6)21-16-10-3;2*1-2/h8,10-17,19-21,28,30,33H,6,9,18,22-27H2,1-5,7H3,(H,38,41)(H2,36,37,40);1-2H3;1-2H2/b14-8-,16-10-,19-17-,20-15-,29-11+,31-12+,32-21+;;/t28?,30-,33?;;/m1../s1. The lowest BCUT2D eigenvalue weighted by molar-refractivity contribution is 0.00537. The number of hydrogen-bond acceptors (Lipinski definition) is 4. The summed E-state index contributed by atoms with van der Waals surface area (Å²) in [5.74, 6) is 0.486. The highest BCUT2D eigenvalue weighted by Crippen LogP contribution is 2.31. The number of nitrogens with zero attached hydrogens (tertiary/aromatic N) is 1. The van der Waals surface area contributed by atoms with Crippen LogP contribution in [0, 0.1) is 5.92 Å². The lowest BCUT2D eigenvalue weighted by Crippen LogP contribution is -2.50. The molecule has 46 heavy (non-hydrogen) atoms. The average molecular weight is 637 g/mol. The molecule has 0 aromatic rings. The molecule has 0 saturated carbocycles. The van der Waals surface area contributed by atoms with Gasteiger partial charge in [-0.05, 0) is 97.4 Å². The van der Waals surface area contributed by atoms with Crippen molar-refractivity contribution in [3.63, 3.8) is 0 Å². The van der Waals surface area contributed by atoms with E-state index in [1.54, 1.807) is 12.2 Å². The Kier molecular flexibility index (Phi) is 28.7. The SMILES string of the molecule is C=C.C=C/C(=C\C=C/C)NC(=O)OC(C)C1C[C@@H](CC(/C=C\C=C/C)=C/C)CCN1CCCNC(=O)NC(/C=C\CC)=C/C.CC. The monoisotopic (exact) mass is 636 g/mol. The first-order valence-electron chi connectivity index (χ1n) is 16.8. The van der Waals surface area contributed by atoms with E-state index in [0.717, 1.165) is 50.9 Å². The van der Waals surface area contributed by atoms with E-state index >= 15 is 0 Å². The molecule has 3 N–H and O–H groups in total. The lowest BCUT2D eigenvalue weighted by Gasteiger charge is -2.42. The predicted molar refractivity (Wildman–Crippen MR) is 200 cm³/mol. The molecule has 0 spiro atoms. The molecule has 2 unspecified atom stereocenters. The third kappa shape index (κ3) is 20.2. The van der Waals surface area contributed by atoms with Gasteiger partial charge in [-0.15, -0.1) is 13.2 Å². The summed E-state index contributed by atoms with van der Waals surface area (Å²) in [4.78, 5) is 27.5. The molecule has 7 nitrogen and oxygen atoms in total. The van der Waals surface area contributed by atoms with Crippen molar-refractivity contribution in [3.8, 4) is 0 Å². The molecule has 1 rings (SSSR count). The van der Waals surface area contributed by atoms with Gasteiger partial charge in [-0.25, -0.2) is 9.59 Å². The summed E-state index contributed by atoms with van der Waals surface area (Å²) in [6, 6.07) is -0.136. The minimum absolute atomic E-state index is 0.0708. The van der Waals surface area contributed by atoms with E-state index in [1.807, 2.05) is 84.1 Å². The summed E-state index contributed by atoms with van der Waals surface area (Å²) >= 11 is 0. The normalized spacial score (nSPS) is 18.5. The van der Waals surface area contributed by atoms with E-state index < -0.39 is 6.09 Å². The number of amides is 3. The van der Waals surface area contributed by atoms with E-state index in [-0.39, 0.29) is 18.2 Å². The Labute approximate surface area is 281 Å². The zero-order valence-corrected chi connectivity index (χ0v) is 30.1. The highest BCUT2D eigenvalue weighted by molar-refractivity contribution is 5.76. The summed E-state index contributed by atoms with van der Waals surface area (Å²) in [5.41, 5.74) is 2.68. The Balaban J connectivity index is 0. The fraction of sp³-hybridized carbons (Fsp3) is 0.487. The number of likely N-dealkylation sites (tertiary alicyclic amines) is 1. The lowest BCUT2D eigenvalue weighted by atomic mass is 9.84. The van der Waals surface area contributed by atoms with Gasteiger partial charge >= 0.3 is 12.1 Å². The maximum absolute atomic E-state index is 12.7. The Morgan fingerprint density at radius 2 is 1.67 bits per heavy atom. The van der Waals surface area contributed by atoms with Crippen LogP contribution in [0.5, 0.6) is 0 Å². The summed E-state index contributed by atoms with van der Waals surface area (Å²) in [6.45, 7) is 28.0. The van der Waals surface area contributed by atoms with Crippen LogP contribution in [-0.4, -0.2) is 48.8 Å². The van der Waals surface area contributed by atoms with Crippen molar-refractivity contribution in [2.24, 2.45) is 5.92 Å². The molecule has 3 amide bonds. The zero-order valence-electron chi connectivity index (χ0n) is 30.1. The van der Waals surface area contributed by atoms with E-state index in [9.17, 15) is 9.59 Å². The third-order valence-electron chi connectivity index (χ3n) is 7.16. The molecule has 1 aliphatic heterocycles. The van der Waals surface area contributed by atoms with Gasteiger partial charge in [0.15, 0.2) is 0 Å². The quantitative estimate of drug-likeness (QED) is 0.0895. The summed E-state index contributed by atoms with van der Waals surface area (Å²) in [5, 5.41) is 8.64. The fourth-order valence-electron chi connectivity index (χ4n) is 4.85. The number of alkyl carbamates (subject to hydrolysis) is 1. The smallest absolute Gasteiger partial charge is 0.411 e. The number of carbonyl (C=O) groups excluding carboxylic acids is 2. The first-order chi connectivity index (χ1) is 22.3. The molecular weight excluding hydrogens is 572 g/mol. The molecule has 1 aliphatic rings. The molecule has 1 saturated heterocycles. The number of hydrogen-bond donors (Lipinski definition) is 3. The Morgan fingerprint density at radius 3 is 2.26 bits per heavy atom. The topological polar surface area (TPSA) is 82.7 Å². The molecule has 0 bridgehead atoms. The van der Waals surface area contributed by atoms with Gasteiger partial charge in [0.25, 0.3) is 0 Å². The van der Waals surface area contributed by atoms with Crippen molar-refractivity contribution >= 4 is 12.1 Å². The first kappa shape index (κ1) is 44.3. The van der Waals surface area contributed by atoms with Gasteiger partial charge in [-0.2, -0.15) is 0 Å². The second kappa shape index (κ2) is 29.8. The van der Waals surface area contributed by atoms with E-state index in [0.29, 0.717) is 18.2 Å². The van der Waals surface area contributed by atoms with Crippen LogP contribution in [0.4, 0.5) is 9.59 Å². The second-order valence-electron chi connectivity index (χ2n) is 10.3. The minimum atomic E-state index is -0.487. The van der Waals surface area contributed by atoms with Gasteiger partial charge in [0.05, 0.1) is 0 Å². The van der Waals surface area contributed by atoms with Crippen LogP contribution in [0.1, 0.15) is 87.5 Å². The van der Waals surface area contributed by atoms with Crippen LogP contribution >= 0.6 is 0 Å². The van der Waals surface area contributed by atoms with E-state index in [2.05, 4.69) is 72.7 Å². The van der Waals surface area contributed by atoms with Crippen LogP contribution in [0.3, 0.4) is 0 Å². The highest BCUT2D eigenvalue weighted by atomic mass is 16.6. The number of ether oxygens (including phenoxy) is 1. The first-order valence-corrected chi connectivity index (χ1v) is 16.8. The van der Waals surface area contributed by atoms with Crippen LogP contribution in [0.15, 0.2) is 110 Å². The molecule has 7 heteroatoms. The van der Waals surface area contributed by atoms with Gasteiger partial charge in [-0.3, -0.25) is 10.2 Å². The molecule has 1 fully saturated rings. The minimum Gasteiger partial charge on any atom is -0.445 e. The van der Waals surface area contributed by atoms with Crippen LogP contribution in [0.25, 0.3) is 0 Å². The van der Waals surface area contributed by atoms with Crippen molar-refractivity contribution in [1.29, 1.82) is 0 Å². The number of urea groups is 1. The van der Waals surface area contributed by atoms with Gasteiger partial charge < -0.3 is 15.4 Å². The van der Waals surface area contributed by atoms with Crippen molar-refractivity contribution in [3.05, 3.63) is 110 Å².